The van der Waals surface area contributed by atoms with Crippen molar-refractivity contribution >= 4 is 22.9 Å². The second-order valence-electron chi connectivity index (χ2n) is 5.68. The predicted molar refractivity (Wildman–Crippen MR) is 82.5 cm³/mol. The number of aliphatic hydroxyl groups excluding tert-OH is 1. The molecular weight excluding hydrogens is 268 g/mol. The van der Waals surface area contributed by atoms with Gasteiger partial charge in [0.25, 0.3) is 0 Å². The summed E-state index contributed by atoms with van der Waals surface area (Å²) >= 11 is 0. The van der Waals surface area contributed by atoms with Crippen molar-refractivity contribution in [2.45, 2.75) is 32.8 Å². The fourth-order valence-electron chi connectivity index (χ4n) is 2.69. The molecule has 21 heavy (non-hydrogen) atoms. The first-order valence-electron chi connectivity index (χ1n) is 7.57. The number of rotatable bonds is 4. The molecule has 0 bridgehead atoms. The summed E-state index contributed by atoms with van der Waals surface area (Å²) in [6.45, 7) is 6.60. The van der Waals surface area contributed by atoms with E-state index >= 15 is 0 Å². The lowest BCUT2D eigenvalue weighted by Crippen LogP contribution is -2.42. The molecule has 0 aromatic carbocycles. The highest BCUT2D eigenvalue weighted by Crippen LogP contribution is 2.27. The van der Waals surface area contributed by atoms with Crippen molar-refractivity contribution in [2.24, 2.45) is 5.92 Å². The molecule has 1 saturated heterocycles. The van der Waals surface area contributed by atoms with Gasteiger partial charge in [-0.05, 0) is 18.8 Å². The zero-order chi connectivity index (χ0) is 14.8. The van der Waals surface area contributed by atoms with Crippen molar-refractivity contribution in [3.05, 3.63) is 6.33 Å². The van der Waals surface area contributed by atoms with Gasteiger partial charge >= 0.3 is 0 Å². The van der Waals surface area contributed by atoms with Gasteiger partial charge in [0, 0.05) is 19.6 Å². The van der Waals surface area contributed by atoms with Crippen molar-refractivity contribution in [3.8, 4) is 0 Å². The molecule has 0 spiro atoms. The number of piperidine rings is 1. The highest BCUT2D eigenvalue weighted by Gasteiger charge is 2.27. The standard InChI is InChI=1S/C14H22N6O/c1-3-5-15-14-18-12-11(16-8-17-12)13(19-14)20-6-4-10(21)9(2)7-20/h8-10,21H,3-7H2,1-2H3,(H2,15,16,17,18,19). The first-order chi connectivity index (χ1) is 10.2. The van der Waals surface area contributed by atoms with Gasteiger partial charge in [-0.1, -0.05) is 13.8 Å². The van der Waals surface area contributed by atoms with Gasteiger partial charge in [0.15, 0.2) is 11.5 Å². The Morgan fingerprint density at radius 3 is 3.10 bits per heavy atom. The van der Waals surface area contributed by atoms with Gasteiger partial charge < -0.3 is 20.3 Å². The van der Waals surface area contributed by atoms with Gasteiger partial charge in [-0.3, -0.25) is 0 Å². The van der Waals surface area contributed by atoms with Gasteiger partial charge in [-0.25, -0.2) is 4.98 Å². The van der Waals surface area contributed by atoms with E-state index in [0.717, 1.165) is 43.8 Å². The quantitative estimate of drug-likeness (QED) is 0.788. The molecule has 0 radical (unpaired) electrons. The lowest BCUT2D eigenvalue weighted by Gasteiger charge is -2.35. The van der Waals surface area contributed by atoms with E-state index in [0.29, 0.717) is 11.6 Å². The molecule has 1 aliphatic heterocycles. The molecule has 0 saturated carbocycles. The van der Waals surface area contributed by atoms with E-state index in [4.69, 9.17) is 0 Å². The average Bonchev–Trinajstić information content (AvgIpc) is 2.95. The lowest BCUT2D eigenvalue weighted by molar-refractivity contribution is 0.0969. The Hall–Kier alpha value is -1.89. The van der Waals surface area contributed by atoms with Gasteiger partial charge in [0.05, 0.1) is 12.4 Å². The number of imidazole rings is 1. The molecule has 114 valence electrons. The number of H-pyrrole nitrogens is 1. The largest absolute Gasteiger partial charge is 0.393 e. The van der Waals surface area contributed by atoms with Crippen LogP contribution >= 0.6 is 0 Å². The Bertz CT molecular complexity index is 613. The number of nitrogens with one attached hydrogen (secondary N) is 2. The minimum Gasteiger partial charge on any atom is -0.393 e. The third-order valence-corrected chi connectivity index (χ3v) is 3.96. The molecule has 2 atom stereocenters. The summed E-state index contributed by atoms with van der Waals surface area (Å²) < 4.78 is 0. The molecule has 7 heteroatoms. The fourth-order valence-corrected chi connectivity index (χ4v) is 2.69. The van der Waals surface area contributed by atoms with E-state index in [1.807, 2.05) is 0 Å². The van der Waals surface area contributed by atoms with Crippen molar-refractivity contribution in [1.82, 2.24) is 19.9 Å². The SMILES string of the molecule is CCCNc1nc(N2CCC(O)C(C)C2)c2[nH]cnc2n1. The molecule has 3 rings (SSSR count). The second kappa shape index (κ2) is 5.85. The second-order valence-corrected chi connectivity index (χ2v) is 5.68. The topological polar surface area (TPSA) is 90.0 Å². The number of aromatic amines is 1. The molecule has 3 N–H and O–H groups in total. The van der Waals surface area contributed by atoms with E-state index in [1.165, 1.54) is 0 Å². The molecule has 1 aliphatic rings. The van der Waals surface area contributed by atoms with Crippen LogP contribution in [-0.4, -0.2) is 50.8 Å². The highest BCUT2D eigenvalue weighted by atomic mass is 16.3. The maximum atomic E-state index is 9.89. The molecule has 1 fully saturated rings. The summed E-state index contributed by atoms with van der Waals surface area (Å²) in [6, 6.07) is 0. The maximum absolute atomic E-state index is 9.89. The zero-order valence-corrected chi connectivity index (χ0v) is 12.5. The normalized spacial score (nSPS) is 22.7. The fraction of sp³-hybridized carbons (Fsp3) is 0.643. The van der Waals surface area contributed by atoms with E-state index in [-0.39, 0.29) is 12.0 Å². The summed E-state index contributed by atoms with van der Waals surface area (Å²) in [5, 5.41) is 13.1. The van der Waals surface area contributed by atoms with E-state index < -0.39 is 0 Å². The van der Waals surface area contributed by atoms with Gasteiger partial charge in [0.1, 0.15) is 5.52 Å². The van der Waals surface area contributed by atoms with E-state index in [1.54, 1.807) is 6.33 Å². The summed E-state index contributed by atoms with van der Waals surface area (Å²) in [5.41, 5.74) is 1.54. The van der Waals surface area contributed by atoms with Gasteiger partial charge in [-0.2, -0.15) is 9.97 Å². The Balaban J connectivity index is 1.94. The first kappa shape index (κ1) is 14.1. The number of nitrogens with zero attached hydrogens (tertiary/aromatic N) is 4. The highest BCUT2D eigenvalue weighted by molar-refractivity contribution is 5.84. The molecule has 0 aliphatic carbocycles. The van der Waals surface area contributed by atoms with Crippen LogP contribution in [0.4, 0.5) is 11.8 Å². The Kier molecular flexibility index (Phi) is 3.92. The summed E-state index contributed by atoms with van der Waals surface area (Å²) in [6.07, 6.45) is 3.20. The summed E-state index contributed by atoms with van der Waals surface area (Å²) in [7, 11) is 0. The first-order valence-corrected chi connectivity index (χ1v) is 7.57. The molecule has 3 heterocycles. The van der Waals surface area contributed by atoms with Crippen LogP contribution in [0.2, 0.25) is 0 Å². The van der Waals surface area contributed by atoms with Crippen molar-refractivity contribution in [2.75, 3.05) is 29.9 Å². The number of aromatic nitrogens is 4. The average molecular weight is 290 g/mol. The van der Waals surface area contributed by atoms with E-state index in [2.05, 4.69) is 44.0 Å². The van der Waals surface area contributed by atoms with Crippen LogP contribution < -0.4 is 10.2 Å². The number of fused-ring (bicyclic) bond motifs is 1. The molecule has 0 amide bonds. The third-order valence-electron chi connectivity index (χ3n) is 3.96. The summed E-state index contributed by atoms with van der Waals surface area (Å²) in [5.74, 6) is 1.72. The van der Waals surface area contributed by atoms with Crippen molar-refractivity contribution in [1.29, 1.82) is 0 Å². The Morgan fingerprint density at radius 2 is 2.33 bits per heavy atom. The number of aliphatic hydroxyl groups is 1. The molecule has 2 aromatic heterocycles. The van der Waals surface area contributed by atoms with E-state index in [9.17, 15) is 5.11 Å². The van der Waals surface area contributed by atoms with Gasteiger partial charge in [0.2, 0.25) is 5.95 Å². The monoisotopic (exact) mass is 290 g/mol. The van der Waals surface area contributed by atoms with Crippen molar-refractivity contribution in [3.63, 3.8) is 0 Å². The Labute approximate surface area is 123 Å². The minimum absolute atomic E-state index is 0.224. The number of hydrogen-bond donors (Lipinski definition) is 3. The third kappa shape index (κ3) is 2.78. The van der Waals surface area contributed by atoms with Crippen molar-refractivity contribution < 1.29 is 5.11 Å². The molecular formula is C14H22N6O. The van der Waals surface area contributed by atoms with Crippen LogP contribution in [0.25, 0.3) is 11.2 Å². The Morgan fingerprint density at radius 1 is 1.48 bits per heavy atom. The van der Waals surface area contributed by atoms with Crippen LogP contribution in [0.5, 0.6) is 0 Å². The zero-order valence-electron chi connectivity index (χ0n) is 12.5. The summed E-state index contributed by atoms with van der Waals surface area (Å²) in [4.78, 5) is 18.7. The van der Waals surface area contributed by atoms with Crippen LogP contribution in [0.15, 0.2) is 6.33 Å². The van der Waals surface area contributed by atoms with Crippen LogP contribution in [-0.2, 0) is 0 Å². The predicted octanol–water partition coefficient (Wildman–Crippen LogP) is 1.38. The van der Waals surface area contributed by atoms with Crippen LogP contribution in [0.1, 0.15) is 26.7 Å². The van der Waals surface area contributed by atoms with Crippen LogP contribution in [0.3, 0.4) is 0 Å². The van der Waals surface area contributed by atoms with Gasteiger partial charge in [-0.15, -0.1) is 0 Å². The van der Waals surface area contributed by atoms with Crippen LogP contribution in [0, 0.1) is 5.92 Å². The maximum Gasteiger partial charge on any atom is 0.226 e. The lowest BCUT2D eigenvalue weighted by atomic mass is 9.97. The number of hydrogen-bond acceptors (Lipinski definition) is 6. The number of anilines is 2. The smallest absolute Gasteiger partial charge is 0.226 e. The minimum atomic E-state index is -0.224. The molecule has 7 nitrogen and oxygen atoms in total. The molecule has 2 unspecified atom stereocenters. The molecule has 2 aromatic rings.